The number of halogens is 1. The molecule has 2 aromatic rings. The predicted octanol–water partition coefficient (Wildman–Crippen LogP) is 3.65. The molecule has 0 aliphatic heterocycles. The van der Waals surface area contributed by atoms with Gasteiger partial charge in [0.15, 0.2) is 0 Å². The fourth-order valence-electron chi connectivity index (χ4n) is 1.68. The van der Waals surface area contributed by atoms with Crippen LogP contribution in [0.1, 0.15) is 19.5 Å². The smallest absolute Gasteiger partial charge is 0.207 e. The monoisotopic (exact) mass is 249 g/mol. The molecule has 0 saturated heterocycles. The van der Waals surface area contributed by atoms with Crippen LogP contribution in [0.25, 0.3) is 5.69 Å². The first-order valence-corrected chi connectivity index (χ1v) is 6.02. The van der Waals surface area contributed by atoms with Crippen molar-refractivity contribution in [2.45, 2.75) is 26.8 Å². The largest absolute Gasteiger partial charge is 0.353 e. The highest BCUT2D eigenvalue weighted by Gasteiger charge is 2.08. The van der Waals surface area contributed by atoms with Crippen LogP contribution in [0.4, 0.5) is 5.95 Å². The molecule has 3 nitrogen and oxygen atoms in total. The number of nitrogens with zero attached hydrogens (tertiary/aromatic N) is 2. The third-order valence-corrected chi connectivity index (χ3v) is 2.57. The molecule has 0 saturated carbocycles. The molecule has 0 aliphatic carbocycles. The zero-order valence-corrected chi connectivity index (χ0v) is 11.0. The number of imidazole rings is 1. The molecule has 0 spiro atoms. The maximum absolute atomic E-state index is 6.01. The topological polar surface area (TPSA) is 29.9 Å². The molecule has 0 radical (unpaired) electrons. The first kappa shape index (κ1) is 12.0. The quantitative estimate of drug-likeness (QED) is 0.900. The first-order valence-electron chi connectivity index (χ1n) is 5.65. The van der Waals surface area contributed by atoms with E-state index in [1.165, 1.54) is 0 Å². The van der Waals surface area contributed by atoms with Gasteiger partial charge in [0.25, 0.3) is 0 Å². The number of benzene rings is 1. The van der Waals surface area contributed by atoms with Crippen molar-refractivity contribution in [3.63, 3.8) is 0 Å². The van der Waals surface area contributed by atoms with Gasteiger partial charge in [-0.2, -0.15) is 0 Å². The van der Waals surface area contributed by atoms with E-state index < -0.39 is 0 Å². The minimum Gasteiger partial charge on any atom is -0.353 e. The van der Waals surface area contributed by atoms with Gasteiger partial charge >= 0.3 is 0 Å². The van der Waals surface area contributed by atoms with Crippen LogP contribution in [-0.2, 0) is 0 Å². The summed E-state index contributed by atoms with van der Waals surface area (Å²) in [5.74, 6) is 0.847. The Balaban J connectivity index is 2.44. The molecule has 0 unspecified atom stereocenters. The van der Waals surface area contributed by atoms with E-state index in [2.05, 4.69) is 24.1 Å². The number of anilines is 1. The fraction of sp³-hybridized carbons (Fsp3) is 0.308. The lowest BCUT2D eigenvalue weighted by molar-refractivity contribution is 0.864. The van der Waals surface area contributed by atoms with Gasteiger partial charge in [-0.25, -0.2) is 4.98 Å². The number of nitrogens with one attached hydrogen (secondary N) is 1. The minimum atomic E-state index is 0.342. The zero-order valence-electron chi connectivity index (χ0n) is 10.2. The van der Waals surface area contributed by atoms with Gasteiger partial charge in [0.1, 0.15) is 0 Å². The van der Waals surface area contributed by atoms with E-state index in [-0.39, 0.29) is 0 Å². The normalized spacial score (nSPS) is 10.9. The average molecular weight is 250 g/mol. The molecule has 1 heterocycles. The second-order valence-corrected chi connectivity index (χ2v) is 4.79. The molecule has 1 aromatic carbocycles. The summed E-state index contributed by atoms with van der Waals surface area (Å²) >= 11 is 6.01. The van der Waals surface area contributed by atoms with Crippen LogP contribution < -0.4 is 5.32 Å². The fourth-order valence-corrected chi connectivity index (χ4v) is 1.87. The molecule has 0 atom stereocenters. The van der Waals surface area contributed by atoms with Crippen molar-refractivity contribution in [2.24, 2.45) is 0 Å². The van der Waals surface area contributed by atoms with Crippen molar-refractivity contribution in [1.29, 1.82) is 0 Å². The van der Waals surface area contributed by atoms with E-state index in [9.17, 15) is 0 Å². The van der Waals surface area contributed by atoms with Crippen LogP contribution in [0, 0.1) is 6.92 Å². The Morgan fingerprint density at radius 1 is 1.35 bits per heavy atom. The number of rotatable bonds is 3. The zero-order chi connectivity index (χ0) is 12.4. The molecule has 90 valence electrons. The third-order valence-electron chi connectivity index (χ3n) is 2.33. The van der Waals surface area contributed by atoms with Crippen LogP contribution in [-0.4, -0.2) is 15.6 Å². The van der Waals surface area contributed by atoms with E-state index in [0.717, 1.165) is 22.4 Å². The molecule has 0 fully saturated rings. The molecular weight excluding hydrogens is 234 g/mol. The summed E-state index contributed by atoms with van der Waals surface area (Å²) in [5, 5.41) is 4.05. The summed E-state index contributed by atoms with van der Waals surface area (Å²) in [6.07, 6.45) is 2.00. The summed E-state index contributed by atoms with van der Waals surface area (Å²) in [5.41, 5.74) is 1.99. The third kappa shape index (κ3) is 2.80. The van der Waals surface area contributed by atoms with Gasteiger partial charge in [-0.15, -0.1) is 0 Å². The van der Waals surface area contributed by atoms with Crippen molar-refractivity contribution in [2.75, 3.05) is 5.32 Å². The van der Waals surface area contributed by atoms with Crippen LogP contribution in [0.5, 0.6) is 0 Å². The number of aryl methyl sites for hydroxylation is 1. The van der Waals surface area contributed by atoms with Crippen molar-refractivity contribution < 1.29 is 0 Å². The van der Waals surface area contributed by atoms with E-state index in [1.807, 2.05) is 42.0 Å². The Kier molecular flexibility index (Phi) is 3.38. The van der Waals surface area contributed by atoms with Gasteiger partial charge in [-0.05, 0) is 39.0 Å². The van der Waals surface area contributed by atoms with Crippen molar-refractivity contribution >= 4 is 17.5 Å². The van der Waals surface area contributed by atoms with Gasteiger partial charge in [0.2, 0.25) is 5.95 Å². The van der Waals surface area contributed by atoms with E-state index in [4.69, 9.17) is 11.6 Å². The summed E-state index contributed by atoms with van der Waals surface area (Å²) in [4.78, 5) is 4.47. The van der Waals surface area contributed by atoms with Gasteiger partial charge in [0, 0.05) is 22.9 Å². The Bertz CT molecular complexity index is 517. The maximum atomic E-state index is 6.01. The Morgan fingerprint density at radius 3 is 2.76 bits per heavy atom. The second-order valence-electron chi connectivity index (χ2n) is 4.35. The highest BCUT2D eigenvalue weighted by molar-refractivity contribution is 6.30. The van der Waals surface area contributed by atoms with Gasteiger partial charge in [-0.3, -0.25) is 4.57 Å². The molecule has 17 heavy (non-hydrogen) atoms. The predicted molar refractivity (Wildman–Crippen MR) is 72.1 cm³/mol. The number of hydrogen-bond acceptors (Lipinski definition) is 2. The molecule has 0 aliphatic rings. The van der Waals surface area contributed by atoms with Gasteiger partial charge in [-0.1, -0.05) is 17.7 Å². The summed E-state index contributed by atoms with van der Waals surface area (Å²) in [6, 6.07) is 8.08. The molecular formula is C13H16ClN3. The molecule has 1 N–H and O–H groups in total. The van der Waals surface area contributed by atoms with Crippen molar-refractivity contribution in [3.05, 3.63) is 41.2 Å². The SMILES string of the molecule is Cc1cn(-c2cccc(Cl)c2)c(NC(C)C)n1. The van der Waals surface area contributed by atoms with Crippen LogP contribution in [0.3, 0.4) is 0 Å². The van der Waals surface area contributed by atoms with Crippen LogP contribution in [0.15, 0.2) is 30.5 Å². The maximum Gasteiger partial charge on any atom is 0.207 e. The van der Waals surface area contributed by atoms with Crippen molar-refractivity contribution in [1.82, 2.24) is 9.55 Å². The summed E-state index contributed by atoms with van der Waals surface area (Å²) in [7, 11) is 0. The van der Waals surface area contributed by atoms with Gasteiger partial charge in [0.05, 0.1) is 5.69 Å². The Labute approximate surface area is 106 Å². The van der Waals surface area contributed by atoms with E-state index in [0.29, 0.717) is 6.04 Å². The second kappa shape index (κ2) is 4.80. The Morgan fingerprint density at radius 2 is 2.12 bits per heavy atom. The first-order chi connectivity index (χ1) is 8.06. The molecule has 1 aromatic heterocycles. The number of hydrogen-bond donors (Lipinski definition) is 1. The van der Waals surface area contributed by atoms with Crippen molar-refractivity contribution in [3.8, 4) is 5.69 Å². The molecule has 4 heteroatoms. The van der Waals surface area contributed by atoms with E-state index in [1.54, 1.807) is 0 Å². The standard InChI is InChI=1S/C13H16ClN3/c1-9(2)15-13-16-10(3)8-17(13)12-6-4-5-11(14)7-12/h4-9H,1-3H3,(H,15,16). The molecule has 0 amide bonds. The minimum absolute atomic E-state index is 0.342. The summed E-state index contributed by atoms with van der Waals surface area (Å²) < 4.78 is 2.02. The molecule has 2 rings (SSSR count). The van der Waals surface area contributed by atoms with Crippen LogP contribution in [0.2, 0.25) is 5.02 Å². The molecule has 0 bridgehead atoms. The highest BCUT2D eigenvalue weighted by atomic mass is 35.5. The van der Waals surface area contributed by atoms with Crippen LogP contribution >= 0.6 is 11.6 Å². The van der Waals surface area contributed by atoms with E-state index >= 15 is 0 Å². The lowest BCUT2D eigenvalue weighted by Gasteiger charge is -2.12. The summed E-state index contributed by atoms with van der Waals surface area (Å²) in [6.45, 7) is 6.16. The Hall–Kier alpha value is -1.48. The number of aromatic nitrogens is 2. The van der Waals surface area contributed by atoms with Gasteiger partial charge < -0.3 is 5.32 Å². The lowest BCUT2D eigenvalue weighted by atomic mass is 10.3. The highest BCUT2D eigenvalue weighted by Crippen LogP contribution is 2.20. The average Bonchev–Trinajstić information content (AvgIpc) is 2.58. The lowest BCUT2D eigenvalue weighted by Crippen LogP contribution is -2.13.